The monoisotopic (exact) mass is 243 g/mol. The van der Waals surface area contributed by atoms with E-state index >= 15 is 0 Å². The molecule has 0 bridgehead atoms. The van der Waals surface area contributed by atoms with Crippen LogP contribution in [0.4, 0.5) is 5.82 Å². The summed E-state index contributed by atoms with van der Waals surface area (Å²) in [5, 5.41) is 0. The second-order valence-corrected chi connectivity index (χ2v) is 4.21. The summed E-state index contributed by atoms with van der Waals surface area (Å²) < 4.78 is 5.74. The summed E-state index contributed by atoms with van der Waals surface area (Å²) in [4.78, 5) is 8.42. The van der Waals surface area contributed by atoms with Gasteiger partial charge in [-0.15, -0.1) is 0 Å². The Morgan fingerprint density at radius 2 is 1.94 bits per heavy atom. The van der Waals surface area contributed by atoms with E-state index in [1.807, 2.05) is 44.2 Å². The zero-order chi connectivity index (χ0) is 13.0. The van der Waals surface area contributed by atoms with Crippen molar-refractivity contribution >= 4 is 5.82 Å². The molecule has 2 aromatic rings. The Kier molecular flexibility index (Phi) is 3.89. The van der Waals surface area contributed by atoms with Gasteiger partial charge in [0.25, 0.3) is 0 Å². The maximum atomic E-state index is 5.74. The maximum absolute atomic E-state index is 5.74. The Labute approximate surface area is 107 Å². The highest BCUT2D eigenvalue weighted by Crippen LogP contribution is 2.17. The first-order valence-corrected chi connectivity index (χ1v) is 5.92. The fourth-order valence-corrected chi connectivity index (χ4v) is 1.74. The zero-order valence-corrected chi connectivity index (χ0v) is 10.6. The van der Waals surface area contributed by atoms with Gasteiger partial charge < -0.3 is 10.5 Å². The third kappa shape index (κ3) is 3.28. The summed E-state index contributed by atoms with van der Waals surface area (Å²) in [6, 6.07) is 11.8. The molecule has 2 rings (SSSR count). The minimum Gasteiger partial charge on any atom is -0.384 e. The average molecular weight is 243 g/mol. The molecule has 4 heteroatoms. The number of nitrogens with zero attached hydrogens (tertiary/aromatic N) is 2. The highest BCUT2D eigenvalue weighted by molar-refractivity contribution is 5.29. The van der Waals surface area contributed by atoms with E-state index in [-0.39, 0.29) is 6.10 Å². The molecule has 4 nitrogen and oxygen atoms in total. The summed E-state index contributed by atoms with van der Waals surface area (Å²) in [7, 11) is 0. The van der Waals surface area contributed by atoms with Crippen molar-refractivity contribution in [2.24, 2.45) is 0 Å². The van der Waals surface area contributed by atoms with Crippen molar-refractivity contribution in [1.29, 1.82) is 0 Å². The SMILES string of the molecule is Cc1cc(N)nc(COC(C)c2ccccc2)n1. The molecule has 0 spiro atoms. The molecule has 0 radical (unpaired) electrons. The Morgan fingerprint density at radius 1 is 1.22 bits per heavy atom. The van der Waals surface area contributed by atoms with Crippen molar-refractivity contribution in [2.75, 3.05) is 5.73 Å². The zero-order valence-electron chi connectivity index (χ0n) is 10.6. The van der Waals surface area contributed by atoms with Crippen LogP contribution in [0.5, 0.6) is 0 Å². The molecule has 94 valence electrons. The van der Waals surface area contributed by atoms with E-state index in [1.165, 1.54) is 0 Å². The largest absolute Gasteiger partial charge is 0.384 e. The quantitative estimate of drug-likeness (QED) is 0.896. The number of aryl methyl sites for hydroxylation is 1. The van der Waals surface area contributed by atoms with E-state index in [0.29, 0.717) is 18.2 Å². The topological polar surface area (TPSA) is 61.0 Å². The van der Waals surface area contributed by atoms with E-state index in [0.717, 1.165) is 11.3 Å². The van der Waals surface area contributed by atoms with Crippen molar-refractivity contribution in [3.8, 4) is 0 Å². The highest BCUT2D eigenvalue weighted by atomic mass is 16.5. The molecule has 0 saturated carbocycles. The smallest absolute Gasteiger partial charge is 0.156 e. The van der Waals surface area contributed by atoms with E-state index in [1.54, 1.807) is 6.07 Å². The van der Waals surface area contributed by atoms with Crippen LogP contribution in [0.1, 0.15) is 30.1 Å². The molecule has 0 aliphatic rings. The number of hydrogen-bond donors (Lipinski definition) is 1. The summed E-state index contributed by atoms with van der Waals surface area (Å²) >= 11 is 0. The van der Waals surface area contributed by atoms with Gasteiger partial charge in [-0.2, -0.15) is 0 Å². The third-order valence-corrected chi connectivity index (χ3v) is 2.65. The van der Waals surface area contributed by atoms with Crippen molar-refractivity contribution in [2.45, 2.75) is 26.6 Å². The van der Waals surface area contributed by atoms with Crippen molar-refractivity contribution in [3.05, 3.63) is 53.5 Å². The number of rotatable bonds is 4. The van der Waals surface area contributed by atoms with Crippen LogP contribution in [0.3, 0.4) is 0 Å². The van der Waals surface area contributed by atoms with Crippen LogP contribution >= 0.6 is 0 Å². The Morgan fingerprint density at radius 3 is 2.61 bits per heavy atom. The summed E-state index contributed by atoms with van der Waals surface area (Å²) in [5.41, 5.74) is 7.66. The average Bonchev–Trinajstić information content (AvgIpc) is 2.36. The normalized spacial score (nSPS) is 12.3. The van der Waals surface area contributed by atoms with Gasteiger partial charge in [-0.05, 0) is 19.4 Å². The van der Waals surface area contributed by atoms with Gasteiger partial charge in [0.15, 0.2) is 5.82 Å². The van der Waals surface area contributed by atoms with E-state index in [4.69, 9.17) is 10.5 Å². The van der Waals surface area contributed by atoms with Gasteiger partial charge in [-0.1, -0.05) is 30.3 Å². The molecule has 0 aliphatic carbocycles. The van der Waals surface area contributed by atoms with Crippen LogP contribution in [0, 0.1) is 6.92 Å². The predicted octanol–water partition coefficient (Wildman–Crippen LogP) is 2.65. The summed E-state index contributed by atoms with van der Waals surface area (Å²) in [6.45, 7) is 4.26. The summed E-state index contributed by atoms with van der Waals surface area (Å²) in [6.07, 6.45) is 0.0107. The fourth-order valence-electron chi connectivity index (χ4n) is 1.74. The van der Waals surface area contributed by atoms with E-state index in [9.17, 15) is 0 Å². The lowest BCUT2D eigenvalue weighted by Gasteiger charge is -2.13. The molecule has 1 atom stereocenters. The minimum absolute atomic E-state index is 0.0107. The molecule has 18 heavy (non-hydrogen) atoms. The summed E-state index contributed by atoms with van der Waals surface area (Å²) in [5.74, 6) is 1.10. The third-order valence-electron chi connectivity index (χ3n) is 2.65. The van der Waals surface area contributed by atoms with Gasteiger partial charge in [-0.3, -0.25) is 0 Å². The molecule has 0 saturated heterocycles. The molecule has 0 aliphatic heterocycles. The first-order chi connectivity index (χ1) is 8.65. The number of nitrogen functional groups attached to an aromatic ring is 1. The number of benzene rings is 1. The van der Waals surface area contributed by atoms with Gasteiger partial charge in [0.2, 0.25) is 0 Å². The van der Waals surface area contributed by atoms with Crippen LogP contribution in [-0.4, -0.2) is 9.97 Å². The van der Waals surface area contributed by atoms with Crippen LogP contribution in [-0.2, 0) is 11.3 Å². The van der Waals surface area contributed by atoms with Gasteiger partial charge >= 0.3 is 0 Å². The van der Waals surface area contributed by atoms with Gasteiger partial charge in [0, 0.05) is 11.8 Å². The minimum atomic E-state index is 0.0107. The van der Waals surface area contributed by atoms with Gasteiger partial charge in [-0.25, -0.2) is 9.97 Å². The fraction of sp³-hybridized carbons (Fsp3) is 0.286. The second kappa shape index (κ2) is 5.60. The molecule has 1 heterocycles. The van der Waals surface area contributed by atoms with Crippen LogP contribution < -0.4 is 5.73 Å². The molecular weight excluding hydrogens is 226 g/mol. The molecule has 0 fully saturated rings. The molecule has 1 aromatic heterocycles. The first-order valence-electron chi connectivity index (χ1n) is 5.92. The predicted molar refractivity (Wildman–Crippen MR) is 70.8 cm³/mol. The number of nitrogens with two attached hydrogens (primary N) is 1. The Hall–Kier alpha value is -1.94. The lowest BCUT2D eigenvalue weighted by molar-refractivity contribution is 0.0483. The van der Waals surface area contributed by atoms with Crippen LogP contribution in [0.15, 0.2) is 36.4 Å². The van der Waals surface area contributed by atoms with Crippen molar-refractivity contribution in [3.63, 3.8) is 0 Å². The molecule has 2 N–H and O–H groups in total. The van der Waals surface area contributed by atoms with E-state index < -0.39 is 0 Å². The van der Waals surface area contributed by atoms with Crippen LogP contribution in [0.2, 0.25) is 0 Å². The first kappa shape index (κ1) is 12.5. The Bertz CT molecular complexity index is 493. The standard InChI is InChI=1S/C14H17N3O/c1-10-8-13(15)17-14(16-10)9-18-11(2)12-6-4-3-5-7-12/h3-8,11H,9H2,1-2H3,(H2,15,16,17). The van der Waals surface area contributed by atoms with Crippen molar-refractivity contribution < 1.29 is 4.74 Å². The van der Waals surface area contributed by atoms with E-state index in [2.05, 4.69) is 9.97 Å². The highest BCUT2D eigenvalue weighted by Gasteiger charge is 2.07. The number of hydrogen-bond acceptors (Lipinski definition) is 4. The number of ether oxygens (including phenoxy) is 1. The number of anilines is 1. The maximum Gasteiger partial charge on any atom is 0.156 e. The molecule has 0 amide bonds. The Balaban J connectivity index is 1.99. The molecule has 1 aromatic carbocycles. The van der Waals surface area contributed by atoms with Gasteiger partial charge in [0.1, 0.15) is 12.4 Å². The number of aromatic nitrogens is 2. The lowest BCUT2D eigenvalue weighted by atomic mass is 10.1. The molecule has 1 unspecified atom stereocenters. The van der Waals surface area contributed by atoms with Crippen molar-refractivity contribution in [1.82, 2.24) is 9.97 Å². The van der Waals surface area contributed by atoms with Gasteiger partial charge in [0.05, 0.1) is 6.10 Å². The van der Waals surface area contributed by atoms with Crippen LogP contribution in [0.25, 0.3) is 0 Å². The lowest BCUT2D eigenvalue weighted by Crippen LogP contribution is -2.06. The second-order valence-electron chi connectivity index (χ2n) is 4.21. The molecular formula is C14H17N3O.